The van der Waals surface area contributed by atoms with E-state index in [-0.39, 0.29) is 29.4 Å². The van der Waals surface area contributed by atoms with Crippen molar-refractivity contribution < 1.29 is 18.7 Å². The maximum Gasteiger partial charge on any atom is 0.305 e. The second-order valence-electron chi connectivity index (χ2n) is 3.68. The van der Waals surface area contributed by atoms with Crippen molar-refractivity contribution >= 4 is 23.4 Å². The van der Waals surface area contributed by atoms with E-state index in [2.05, 4.69) is 0 Å². The number of Topliss-reactive ketones (excluding diaryl/α,β-unsaturated/α-hetero) is 1. The molecule has 3 nitrogen and oxygen atoms in total. The summed E-state index contributed by atoms with van der Waals surface area (Å²) in [6, 6.07) is 4.08. The third-order valence-electron chi connectivity index (χ3n) is 2.33. The minimum Gasteiger partial charge on any atom is -0.466 e. The average Bonchev–Trinajstić information content (AvgIpc) is 2.29. The molecule has 0 N–H and O–H groups in total. The Kier molecular flexibility index (Phi) is 5.78. The lowest BCUT2D eigenvalue weighted by Crippen LogP contribution is -2.07. The highest BCUT2D eigenvalue weighted by molar-refractivity contribution is 6.34. The normalized spacial score (nSPS) is 10.2. The first-order valence-electron chi connectivity index (χ1n) is 5.69. The first-order valence-corrected chi connectivity index (χ1v) is 6.07. The van der Waals surface area contributed by atoms with Crippen molar-refractivity contribution in [2.75, 3.05) is 6.61 Å². The van der Waals surface area contributed by atoms with Crippen molar-refractivity contribution in [3.8, 4) is 0 Å². The van der Waals surface area contributed by atoms with Crippen LogP contribution in [0.15, 0.2) is 18.2 Å². The molecule has 0 aliphatic heterocycles. The molecule has 0 bridgehead atoms. The fraction of sp³-hybridized carbons (Fsp3) is 0.385. The van der Waals surface area contributed by atoms with Crippen LogP contribution in [0.5, 0.6) is 0 Å². The third kappa shape index (κ3) is 4.11. The zero-order valence-electron chi connectivity index (χ0n) is 10.0. The zero-order chi connectivity index (χ0) is 13.5. The van der Waals surface area contributed by atoms with Gasteiger partial charge in [-0.3, -0.25) is 9.59 Å². The molecule has 1 aromatic rings. The van der Waals surface area contributed by atoms with Gasteiger partial charge in [0.25, 0.3) is 0 Å². The van der Waals surface area contributed by atoms with E-state index < -0.39 is 11.6 Å². The predicted octanol–water partition coefficient (Wildman–Crippen LogP) is 3.40. The lowest BCUT2D eigenvalue weighted by Gasteiger charge is -2.05. The number of carbonyl (C=O) groups is 2. The predicted molar refractivity (Wildman–Crippen MR) is 66.2 cm³/mol. The molecule has 0 aliphatic carbocycles. The summed E-state index contributed by atoms with van der Waals surface area (Å²) in [4.78, 5) is 22.8. The molecular formula is C13H14ClFO3. The van der Waals surface area contributed by atoms with Gasteiger partial charge in [-0.15, -0.1) is 0 Å². The van der Waals surface area contributed by atoms with E-state index in [1.165, 1.54) is 18.2 Å². The molecule has 98 valence electrons. The van der Waals surface area contributed by atoms with Crippen molar-refractivity contribution in [2.24, 2.45) is 0 Å². The Hall–Kier alpha value is -1.42. The topological polar surface area (TPSA) is 43.4 Å². The Morgan fingerprint density at radius 3 is 2.67 bits per heavy atom. The van der Waals surface area contributed by atoms with Crippen molar-refractivity contribution in [3.05, 3.63) is 34.6 Å². The Labute approximate surface area is 110 Å². The molecule has 0 fully saturated rings. The summed E-state index contributed by atoms with van der Waals surface area (Å²) in [5, 5.41) is 0.0936. The number of hydrogen-bond acceptors (Lipinski definition) is 3. The molecule has 5 heteroatoms. The summed E-state index contributed by atoms with van der Waals surface area (Å²) in [7, 11) is 0. The van der Waals surface area contributed by atoms with Crippen LogP contribution >= 0.6 is 11.6 Å². The molecule has 1 rings (SSSR count). The van der Waals surface area contributed by atoms with Crippen LogP contribution in [0, 0.1) is 5.82 Å². The van der Waals surface area contributed by atoms with E-state index in [4.69, 9.17) is 16.3 Å². The smallest absolute Gasteiger partial charge is 0.305 e. The van der Waals surface area contributed by atoms with Gasteiger partial charge in [-0.05, 0) is 25.5 Å². The summed E-state index contributed by atoms with van der Waals surface area (Å²) < 4.78 is 18.1. The van der Waals surface area contributed by atoms with Gasteiger partial charge in [0.2, 0.25) is 0 Å². The van der Waals surface area contributed by atoms with Gasteiger partial charge >= 0.3 is 5.97 Å². The Morgan fingerprint density at radius 1 is 1.33 bits per heavy atom. The van der Waals surface area contributed by atoms with Crippen LogP contribution < -0.4 is 0 Å². The number of rotatable bonds is 6. The van der Waals surface area contributed by atoms with Gasteiger partial charge in [-0.25, -0.2) is 4.39 Å². The van der Waals surface area contributed by atoms with Gasteiger partial charge < -0.3 is 4.74 Å². The van der Waals surface area contributed by atoms with E-state index in [0.29, 0.717) is 13.0 Å². The number of halogens is 2. The van der Waals surface area contributed by atoms with Crippen molar-refractivity contribution in [2.45, 2.75) is 26.2 Å². The van der Waals surface area contributed by atoms with Gasteiger partial charge in [-0.1, -0.05) is 17.7 Å². The largest absolute Gasteiger partial charge is 0.466 e. The minimum absolute atomic E-state index is 0.0689. The van der Waals surface area contributed by atoms with Crippen LogP contribution in [0.25, 0.3) is 0 Å². The number of hydrogen-bond donors (Lipinski definition) is 0. The van der Waals surface area contributed by atoms with Crippen LogP contribution in [0.3, 0.4) is 0 Å². The van der Waals surface area contributed by atoms with E-state index in [1.807, 2.05) is 0 Å². The van der Waals surface area contributed by atoms with E-state index in [9.17, 15) is 14.0 Å². The molecule has 0 aliphatic rings. The molecule has 0 amide bonds. The van der Waals surface area contributed by atoms with E-state index in [0.717, 1.165) is 0 Å². The monoisotopic (exact) mass is 272 g/mol. The van der Waals surface area contributed by atoms with Crippen molar-refractivity contribution in [3.63, 3.8) is 0 Å². The maximum atomic E-state index is 13.4. The Balaban J connectivity index is 2.53. The average molecular weight is 273 g/mol. The molecule has 1 aromatic carbocycles. The summed E-state index contributed by atoms with van der Waals surface area (Å²) in [5.41, 5.74) is -0.108. The maximum absolute atomic E-state index is 13.4. The molecule has 0 unspecified atom stereocenters. The third-order valence-corrected chi connectivity index (χ3v) is 2.65. The second kappa shape index (κ2) is 7.11. The highest BCUT2D eigenvalue weighted by Gasteiger charge is 2.15. The standard InChI is InChI=1S/C13H14ClFO3/c1-2-18-12(17)8-4-7-11(16)13-9(14)5-3-6-10(13)15/h3,5-6H,2,4,7-8H2,1H3. The minimum atomic E-state index is -0.636. The number of ketones is 1. The van der Waals surface area contributed by atoms with Crippen LogP contribution in [0.1, 0.15) is 36.5 Å². The fourth-order valence-corrected chi connectivity index (χ4v) is 1.78. The van der Waals surface area contributed by atoms with Crippen molar-refractivity contribution in [1.82, 2.24) is 0 Å². The van der Waals surface area contributed by atoms with Crippen LogP contribution in [-0.4, -0.2) is 18.4 Å². The van der Waals surface area contributed by atoms with Gasteiger partial charge in [-0.2, -0.15) is 0 Å². The molecule has 0 aromatic heterocycles. The number of benzene rings is 1. The number of carbonyl (C=O) groups excluding carboxylic acids is 2. The molecule has 0 atom stereocenters. The zero-order valence-corrected chi connectivity index (χ0v) is 10.8. The number of ether oxygens (including phenoxy) is 1. The summed E-state index contributed by atoms with van der Waals surface area (Å²) >= 11 is 5.76. The number of esters is 1. The molecule has 0 saturated carbocycles. The van der Waals surface area contributed by atoms with Crippen LogP contribution in [0.2, 0.25) is 5.02 Å². The lowest BCUT2D eigenvalue weighted by atomic mass is 10.0. The molecule has 18 heavy (non-hydrogen) atoms. The fourth-order valence-electron chi connectivity index (χ4n) is 1.52. The van der Waals surface area contributed by atoms with Crippen molar-refractivity contribution in [1.29, 1.82) is 0 Å². The molecule has 0 radical (unpaired) electrons. The van der Waals surface area contributed by atoms with Gasteiger partial charge in [0.05, 0.1) is 17.2 Å². The van der Waals surface area contributed by atoms with Gasteiger partial charge in [0, 0.05) is 12.8 Å². The summed E-state index contributed by atoms with van der Waals surface area (Å²) in [6.07, 6.45) is 0.535. The van der Waals surface area contributed by atoms with Gasteiger partial charge in [0.15, 0.2) is 5.78 Å². The summed E-state index contributed by atoms with van der Waals surface area (Å²) in [6.45, 7) is 2.02. The van der Waals surface area contributed by atoms with Crippen LogP contribution in [0.4, 0.5) is 4.39 Å². The quantitative estimate of drug-likeness (QED) is 0.589. The lowest BCUT2D eigenvalue weighted by molar-refractivity contribution is -0.143. The first kappa shape index (κ1) is 14.6. The van der Waals surface area contributed by atoms with E-state index in [1.54, 1.807) is 6.92 Å². The molecule has 0 heterocycles. The second-order valence-corrected chi connectivity index (χ2v) is 4.09. The molecule has 0 spiro atoms. The molecule has 0 saturated heterocycles. The van der Waals surface area contributed by atoms with Gasteiger partial charge in [0.1, 0.15) is 5.82 Å². The molecular weight excluding hydrogens is 259 g/mol. The Morgan fingerprint density at radius 2 is 2.06 bits per heavy atom. The highest BCUT2D eigenvalue weighted by atomic mass is 35.5. The SMILES string of the molecule is CCOC(=O)CCCC(=O)c1c(F)cccc1Cl. The van der Waals surface area contributed by atoms with E-state index >= 15 is 0 Å². The highest BCUT2D eigenvalue weighted by Crippen LogP contribution is 2.21. The Bertz CT molecular complexity index is 426. The first-order chi connectivity index (χ1) is 8.56. The van der Waals surface area contributed by atoms with Crippen LogP contribution in [-0.2, 0) is 9.53 Å². The summed E-state index contributed by atoms with van der Waals surface area (Å²) in [5.74, 6) is -1.39.